The second-order valence-electron chi connectivity index (χ2n) is 6.79. The Morgan fingerprint density at radius 3 is 2.34 bits per heavy atom. The Morgan fingerprint density at radius 1 is 1.17 bits per heavy atom. The van der Waals surface area contributed by atoms with Gasteiger partial charge in [-0.3, -0.25) is 9.69 Å². The van der Waals surface area contributed by atoms with Gasteiger partial charge in [-0.1, -0.05) is 11.6 Å². The first-order valence-corrected chi connectivity index (χ1v) is 8.97. The topological polar surface area (TPSA) is 67.6 Å². The van der Waals surface area contributed by atoms with Crippen molar-refractivity contribution >= 4 is 46.2 Å². The molecule has 1 saturated heterocycles. The standard InChI is InChI=1S/C19H13ClF3N3O2S/c1-18(2)16(28)25(11-4-3-10(9-24)13(7-11)19(21,22)23)17(29)26(18)12-5-6-15(27)14(20)8-12/h3-8,27H,1-2H3. The number of rotatable bonds is 2. The number of hydrogen-bond acceptors (Lipinski definition) is 4. The van der Waals surface area contributed by atoms with Crippen LogP contribution >= 0.6 is 23.8 Å². The molecule has 1 amide bonds. The van der Waals surface area contributed by atoms with Crippen LogP contribution in [-0.4, -0.2) is 21.7 Å². The molecule has 0 aliphatic carbocycles. The summed E-state index contributed by atoms with van der Waals surface area (Å²) in [5.74, 6) is -0.715. The fraction of sp³-hybridized carbons (Fsp3) is 0.211. The van der Waals surface area contributed by atoms with E-state index in [2.05, 4.69) is 0 Å². The SMILES string of the molecule is CC1(C)C(=O)N(c2ccc(C#N)c(C(F)(F)F)c2)C(=S)N1c1ccc(O)c(Cl)c1. The molecule has 2 aromatic carbocycles. The van der Waals surface area contributed by atoms with Gasteiger partial charge >= 0.3 is 6.18 Å². The highest BCUT2D eigenvalue weighted by atomic mass is 35.5. The minimum Gasteiger partial charge on any atom is -0.506 e. The molecule has 150 valence electrons. The number of nitrogens with zero attached hydrogens (tertiary/aromatic N) is 3. The van der Waals surface area contributed by atoms with E-state index < -0.39 is 28.7 Å². The molecule has 0 aromatic heterocycles. The van der Waals surface area contributed by atoms with Crippen LogP contribution in [0.1, 0.15) is 25.0 Å². The van der Waals surface area contributed by atoms with Gasteiger partial charge in [0.1, 0.15) is 11.3 Å². The lowest BCUT2D eigenvalue weighted by molar-refractivity contribution is -0.137. The first kappa shape index (κ1) is 20.9. The zero-order valence-electron chi connectivity index (χ0n) is 15.1. The number of amides is 1. The normalized spacial score (nSPS) is 16.3. The van der Waals surface area contributed by atoms with Crippen molar-refractivity contribution in [3.05, 3.63) is 52.5 Å². The first-order valence-electron chi connectivity index (χ1n) is 8.18. The molecular weight excluding hydrogens is 427 g/mol. The van der Waals surface area contributed by atoms with Crippen LogP contribution < -0.4 is 9.80 Å². The van der Waals surface area contributed by atoms with Crippen molar-refractivity contribution < 1.29 is 23.1 Å². The highest BCUT2D eigenvalue weighted by Crippen LogP contribution is 2.40. The van der Waals surface area contributed by atoms with E-state index in [0.717, 1.165) is 17.0 Å². The van der Waals surface area contributed by atoms with E-state index in [1.165, 1.54) is 35.2 Å². The van der Waals surface area contributed by atoms with E-state index >= 15 is 0 Å². The lowest BCUT2D eigenvalue weighted by atomic mass is 10.0. The lowest BCUT2D eigenvalue weighted by Gasteiger charge is -2.29. The number of aromatic hydroxyl groups is 1. The number of alkyl halides is 3. The third kappa shape index (κ3) is 3.39. The number of thiocarbonyl (C=S) groups is 1. The summed E-state index contributed by atoms with van der Waals surface area (Å²) >= 11 is 11.4. The molecule has 0 unspecified atom stereocenters. The zero-order valence-corrected chi connectivity index (χ0v) is 16.7. The summed E-state index contributed by atoms with van der Waals surface area (Å²) < 4.78 is 40.0. The van der Waals surface area contributed by atoms with Crippen LogP contribution in [0.3, 0.4) is 0 Å². The molecule has 1 heterocycles. The average Bonchev–Trinajstić information content (AvgIpc) is 2.81. The Morgan fingerprint density at radius 2 is 1.79 bits per heavy atom. The number of hydrogen-bond donors (Lipinski definition) is 1. The van der Waals surface area contributed by atoms with Gasteiger partial charge in [0, 0.05) is 5.69 Å². The van der Waals surface area contributed by atoms with Crippen molar-refractivity contribution in [2.24, 2.45) is 0 Å². The van der Waals surface area contributed by atoms with Gasteiger partial charge in [-0.05, 0) is 62.5 Å². The van der Waals surface area contributed by atoms with E-state index in [0.29, 0.717) is 5.69 Å². The largest absolute Gasteiger partial charge is 0.506 e. The van der Waals surface area contributed by atoms with Crippen LogP contribution in [0.2, 0.25) is 5.02 Å². The van der Waals surface area contributed by atoms with Gasteiger partial charge in [0.15, 0.2) is 5.11 Å². The molecule has 1 aliphatic rings. The number of phenols is 1. The molecule has 0 bridgehead atoms. The molecule has 3 rings (SSSR count). The molecular formula is C19H13ClF3N3O2S. The number of anilines is 2. The van der Waals surface area contributed by atoms with Crippen molar-refractivity contribution in [1.29, 1.82) is 5.26 Å². The maximum absolute atomic E-state index is 13.3. The van der Waals surface area contributed by atoms with Gasteiger partial charge in [-0.15, -0.1) is 0 Å². The molecule has 10 heteroatoms. The third-order valence-electron chi connectivity index (χ3n) is 4.54. The molecule has 0 atom stereocenters. The minimum atomic E-state index is -4.77. The van der Waals surface area contributed by atoms with Crippen LogP contribution in [0.5, 0.6) is 5.75 Å². The summed E-state index contributed by atoms with van der Waals surface area (Å²) in [6.45, 7) is 3.13. The van der Waals surface area contributed by atoms with Crippen molar-refractivity contribution in [3.8, 4) is 11.8 Å². The number of carbonyl (C=O) groups excluding carboxylic acids is 1. The fourth-order valence-electron chi connectivity index (χ4n) is 3.09. The van der Waals surface area contributed by atoms with Gasteiger partial charge in [0.25, 0.3) is 5.91 Å². The van der Waals surface area contributed by atoms with Gasteiger partial charge in [-0.2, -0.15) is 18.4 Å². The average molecular weight is 440 g/mol. The van der Waals surface area contributed by atoms with Crippen LogP contribution in [0, 0.1) is 11.3 Å². The summed E-state index contributed by atoms with van der Waals surface area (Å²) in [5, 5.41) is 18.6. The lowest BCUT2D eigenvalue weighted by Crippen LogP contribution is -2.44. The van der Waals surface area contributed by atoms with Crippen LogP contribution in [0.15, 0.2) is 36.4 Å². The monoisotopic (exact) mass is 439 g/mol. The number of benzene rings is 2. The Kier molecular flexibility index (Phi) is 4.97. The predicted molar refractivity (Wildman–Crippen MR) is 106 cm³/mol. The van der Waals surface area contributed by atoms with E-state index in [1.807, 2.05) is 0 Å². The zero-order chi connectivity index (χ0) is 21.7. The quantitative estimate of drug-likeness (QED) is 0.677. The molecule has 29 heavy (non-hydrogen) atoms. The molecule has 0 spiro atoms. The smallest absolute Gasteiger partial charge is 0.417 e. The summed E-state index contributed by atoms with van der Waals surface area (Å²) in [6, 6.07) is 8.69. The van der Waals surface area contributed by atoms with E-state index in [4.69, 9.17) is 29.1 Å². The molecule has 1 aliphatic heterocycles. The van der Waals surface area contributed by atoms with Gasteiger partial charge in [0.2, 0.25) is 0 Å². The van der Waals surface area contributed by atoms with Crippen LogP contribution in [0.4, 0.5) is 24.5 Å². The maximum Gasteiger partial charge on any atom is 0.417 e. The molecule has 2 aromatic rings. The van der Waals surface area contributed by atoms with Crippen molar-refractivity contribution in [3.63, 3.8) is 0 Å². The Balaban J connectivity index is 2.13. The summed E-state index contributed by atoms with van der Waals surface area (Å²) in [7, 11) is 0. The Hall–Kier alpha value is -2.83. The van der Waals surface area contributed by atoms with E-state index in [9.17, 15) is 23.1 Å². The van der Waals surface area contributed by atoms with Gasteiger partial charge in [0.05, 0.1) is 27.9 Å². The Bertz CT molecular complexity index is 1080. The van der Waals surface area contributed by atoms with Gasteiger partial charge < -0.3 is 10.0 Å². The minimum absolute atomic E-state index is 0.0322. The Labute approximate surface area is 174 Å². The first-order chi connectivity index (χ1) is 13.4. The van der Waals surface area contributed by atoms with Crippen molar-refractivity contribution in [2.75, 3.05) is 9.80 Å². The van der Waals surface area contributed by atoms with E-state index in [-0.39, 0.29) is 21.6 Å². The number of halogens is 4. The van der Waals surface area contributed by atoms with Gasteiger partial charge in [-0.25, -0.2) is 0 Å². The summed E-state index contributed by atoms with van der Waals surface area (Å²) in [4.78, 5) is 15.5. The molecule has 1 N–H and O–H groups in total. The predicted octanol–water partition coefficient (Wildman–Crippen LogP) is 4.85. The van der Waals surface area contributed by atoms with Crippen molar-refractivity contribution in [2.45, 2.75) is 25.6 Å². The molecule has 1 fully saturated rings. The van der Waals surface area contributed by atoms with Crippen molar-refractivity contribution in [1.82, 2.24) is 0 Å². The summed E-state index contributed by atoms with van der Waals surface area (Å²) in [6.07, 6.45) is -4.77. The maximum atomic E-state index is 13.3. The second kappa shape index (κ2) is 6.90. The highest BCUT2D eigenvalue weighted by Gasteiger charge is 2.50. The van der Waals surface area contributed by atoms with Crippen LogP contribution in [0.25, 0.3) is 0 Å². The number of carbonyl (C=O) groups is 1. The fourth-order valence-corrected chi connectivity index (χ4v) is 3.79. The van der Waals surface area contributed by atoms with E-state index in [1.54, 1.807) is 13.8 Å². The number of phenolic OH excluding ortho intramolecular Hbond substituents is 1. The molecule has 0 saturated carbocycles. The highest BCUT2D eigenvalue weighted by molar-refractivity contribution is 7.81. The second-order valence-corrected chi connectivity index (χ2v) is 7.57. The summed E-state index contributed by atoms with van der Waals surface area (Å²) in [5.41, 5.74) is -2.66. The third-order valence-corrected chi connectivity index (χ3v) is 5.21. The molecule has 5 nitrogen and oxygen atoms in total. The molecule has 0 radical (unpaired) electrons. The van der Waals surface area contributed by atoms with Crippen LogP contribution in [-0.2, 0) is 11.0 Å². The number of nitriles is 1.